The molecular weight excluding hydrogens is 376 g/mol. The Bertz CT molecular complexity index is 1130. The number of ether oxygens (including phenoxy) is 2. The van der Waals surface area contributed by atoms with E-state index in [1.807, 2.05) is 37.3 Å². The number of nitrogens with one attached hydrogen (secondary N) is 1. The first kappa shape index (κ1) is 19.5. The molecule has 144 valence electrons. The van der Waals surface area contributed by atoms with Crippen LogP contribution in [0.25, 0.3) is 0 Å². The van der Waals surface area contributed by atoms with E-state index in [1.54, 1.807) is 26.2 Å². The lowest BCUT2D eigenvalue weighted by atomic mass is 10.1. The van der Waals surface area contributed by atoms with Crippen LogP contribution >= 0.6 is 12.2 Å². The molecule has 0 unspecified atom stereocenters. The van der Waals surface area contributed by atoms with Crippen molar-refractivity contribution >= 4 is 18.4 Å². The van der Waals surface area contributed by atoms with Gasteiger partial charge >= 0.3 is 0 Å². The van der Waals surface area contributed by atoms with Gasteiger partial charge in [0.2, 0.25) is 4.77 Å². The molecule has 2 aromatic carbocycles. The summed E-state index contributed by atoms with van der Waals surface area (Å²) in [6, 6.07) is 13.5. The summed E-state index contributed by atoms with van der Waals surface area (Å²) in [6.07, 6.45) is 1.53. The van der Waals surface area contributed by atoms with E-state index in [9.17, 15) is 4.79 Å². The zero-order valence-electron chi connectivity index (χ0n) is 15.8. The Labute approximate surface area is 167 Å². The van der Waals surface area contributed by atoms with Crippen LogP contribution in [-0.2, 0) is 6.61 Å². The fourth-order valence-electron chi connectivity index (χ4n) is 2.51. The van der Waals surface area contributed by atoms with Crippen LogP contribution in [0.3, 0.4) is 0 Å². The monoisotopic (exact) mass is 396 g/mol. The van der Waals surface area contributed by atoms with Gasteiger partial charge in [-0.05, 0) is 61.0 Å². The Kier molecular flexibility index (Phi) is 6.00. The molecule has 0 fully saturated rings. The summed E-state index contributed by atoms with van der Waals surface area (Å²) in [5.74, 6) is 1.19. The summed E-state index contributed by atoms with van der Waals surface area (Å²) < 4.78 is 12.6. The number of aromatic amines is 1. The Balaban J connectivity index is 1.82. The number of methoxy groups -OCH3 is 1. The van der Waals surface area contributed by atoms with Gasteiger partial charge in [0, 0.05) is 0 Å². The van der Waals surface area contributed by atoms with Gasteiger partial charge in [-0.3, -0.25) is 9.89 Å². The van der Waals surface area contributed by atoms with E-state index in [-0.39, 0.29) is 16.0 Å². The van der Waals surface area contributed by atoms with Crippen molar-refractivity contribution < 1.29 is 9.47 Å². The quantitative estimate of drug-likeness (QED) is 0.510. The van der Waals surface area contributed by atoms with Crippen molar-refractivity contribution in [2.24, 2.45) is 5.10 Å². The van der Waals surface area contributed by atoms with Gasteiger partial charge in [-0.1, -0.05) is 24.3 Å². The lowest BCUT2D eigenvalue weighted by Crippen LogP contribution is -2.22. The molecule has 3 rings (SSSR count). The first-order chi connectivity index (χ1) is 13.5. The minimum absolute atomic E-state index is 0.122. The van der Waals surface area contributed by atoms with E-state index in [0.717, 1.165) is 15.8 Å². The van der Waals surface area contributed by atoms with Gasteiger partial charge in [-0.15, -0.1) is 0 Å². The molecule has 0 aliphatic heterocycles. The van der Waals surface area contributed by atoms with E-state index in [4.69, 9.17) is 21.7 Å². The topological polar surface area (TPSA) is 81.5 Å². The second kappa shape index (κ2) is 8.62. The third-order valence-corrected chi connectivity index (χ3v) is 4.43. The number of H-pyrrole nitrogens is 1. The van der Waals surface area contributed by atoms with E-state index < -0.39 is 0 Å². The average molecular weight is 396 g/mol. The van der Waals surface area contributed by atoms with Crippen molar-refractivity contribution in [3.8, 4) is 11.5 Å². The maximum atomic E-state index is 12.1. The third-order valence-electron chi connectivity index (χ3n) is 4.17. The fraction of sp³-hybridized carbons (Fsp3) is 0.200. The van der Waals surface area contributed by atoms with Crippen molar-refractivity contribution in [1.82, 2.24) is 14.9 Å². The predicted octanol–water partition coefficient (Wildman–Crippen LogP) is 3.39. The van der Waals surface area contributed by atoms with Gasteiger partial charge in [0.05, 0.1) is 13.3 Å². The molecule has 8 heteroatoms. The Hall–Kier alpha value is -3.26. The summed E-state index contributed by atoms with van der Waals surface area (Å²) in [7, 11) is 1.57. The van der Waals surface area contributed by atoms with Crippen LogP contribution in [0.2, 0.25) is 0 Å². The first-order valence-corrected chi connectivity index (χ1v) is 8.98. The van der Waals surface area contributed by atoms with Crippen LogP contribution in [0.1, 0.15) is 22.4 Å². The van der Waals surface area contributed by atoms with E-state index >= 15 is 0 Å². The molecule has 3 aromatic rings. The van der Waals surface area contributed by atoms with Crippen LogP contribution in [-0.4, -0.2) is 28.2 Å². The maximum absolute atomic E-state index is 12.1. The third kappa shape index (κ3) is 4.34. The van der Waals surface area contributed by atoms with Crippen molar-refractivity contribution in [2.75, 3.05) is 7.11 Å². The fourth-order valence-corrected chi connectivity index (χ4v) is 2.69. The summed E-state index contributed by atoms with van der Waals surface area (Å²) in [5, 5.41) is 10.5. The number of rotatable bonds is 6. The van der Waals surface area contributed by atoms with E-state index in [2.05, 4.69) is 15.3 Å². The molecule has 0 aliphatic rings. The lowest BCUT2D eigenvalue weighted by Gasteiger charge is -2.12. The molecular formula is C20H20N4O3S. The van der Waals surface area contributed by atoms with Gasteiger partial charge in [-0.25, -0.2) is 0 Å². The molecule has 0 radical (unpaired) electrons. The van der Waals surface area contributed by atoms with Crippen molar-refractivity contribution in [1.29, 1.82) is 0 Å². The molecule has 7 nitrogen and oxygen atoms in total. The van der Waals surface area contributed by atoms with E-state index in [0.29, 0.717) is 18.1 Å². The van der Waals surface area contributed by atoms with Crippen LogP contribution in [0, 0.1) is 18.6 Å². The summed E-state index contributed by atoms with van der Waals surface area (Å²) >= 11 is 5.06. The van der Waals surface area contributed by atoms with Crippen LogP contribution < -0.4 is 15.0 Å². The Morgan fingerprint density at radius 2 is 2.00 bits per heavy atom. The smallest absolute Gasteiger partial charge is 0.296 e. The molecule has 0 saturated carbocycles. The highest BCUT2D eigenvalue weighted by Crippen LogP contribution is 2.28. The standard InChI is InChI=1S/C20H20N4O3S/c1-13-6-4-5-7-16(13)12-27-17-9-8-15(10-18(17)26-3)11-21-24-19(25)14(2)22-23-20(24)28/h4-11H,12H2,1-3H3,(H,23,28)/b21-11+. The molecule has 1 N–H and O–H groups in total. The second-order valence-corrected chi connectivity index (χ2v) is 6.49. The number of hydrogen-bond acceptors (Lipinski definition) is 6. The molecule has 28 heavy (non-hydrogen) atoms. The number of aromatic nitrogens is 3. The zero-order chi connectivity index (χ0) is 20.1. The molecule has 0 amide bonds. The van der Waals surface area contributed by atoms with Crippen molar-refractivity contribution in [3.63, 3.8) is 0 Å². The predicted molar refractivity (Wildman–Crippen MR) is 110 cm³/mol. The lowest BCUT2D eigenvalue weighted by molar-refractivity contribution is 0.284. The van der Waals surface area contributed by atoms with Gasteiger partial charge in [-0.2, -0.15) is 14.9 Å². The van der Waals surface area contributed by atoms with Crippen LogP contribution in [0.4, 0.5) is 0 Å². The molecule has 1 aromatic heterocycles. The SMILES string of the molecule is COc1cc(/C=N/n2c(=S)[nH]nc(C)c2=O)ccc1OCc1ccccc1C. The van der Waals surface area contributed by atoms with Crippen LogP contribution in [0.15, 0.2) is 52.4 Å². The average Bonchev–Trinajstić information content (AvgIpc) is 2.70. The highest BCUT2D eigenvalue weighted by atomic mass is 32.1. The minimum atomic E-state index is -0.370. The highest BCUT2D eigenvalue weighted by molar-refractivity contribution is 7.71. The maximum Gasteiger partial charge on any atom is 0.296 e. The first-order valence-electron chi connectivity index (χ1n) is 8.57. The number of benzene rings is 2. The minimum Gasteiger partial charge on any atom is -0.493 e. The number of nitrogens with zero attached hydrogens (tertiary/aromatic N) is 3. The molecule has 0 saturated heterocycles. The largest absolute Gasteiger partial charge is 0.493 e. The summed E-state index contributed by atoms with van der Waals surface area (Å²) in [5.41, 5.74) is 2.92. The molecule has 0 bridgehead atoms. The second-order valence-electron chi connectivity index (χ2n) is 6.10. The zero-order valence-corrected chi connectivity index (χ0v) is 16.6. The van der Waals surface area contributed by atoms with Gasteiger partial charge in [0.1, 0.15) is 12.3 Å². The van der Waals surface area contributed by atoms with E-state index in [1.165, 1.54) is 11.8 Å². The Morgan fingerprint density at radius 3 is 2.75 bits per heavy atom. The molecule has 0 aliphatic carbocycles. The highest BCUT2D eigenvalue weighted by Gasteiger charge is 2.07. The normalized spacial score (nSPS) is 11.0. The van der Waals surface area contributed by atoms with Gasteiger partial charge in [0.15, 0.2) is 11.5 Å². The van der Waals surface area contributed by atoms with Crippen molar-refractivity contribution in [3.05, 3.63) is 80.0 Å². The number of hydrogen-bond donors (Lipinski definition) is 1. The number of aryl methyl sites for hydroxylation is 2. The Morgan fingerprint density at radius 1 is 1.21 bits per heavy atom. The van der Waals surface area contributed by atoms with Gasteiger partial charge in [0.25, 0.3) is 5.56 Å². The van der Waals surface area contributed by atoms with Gasteiger partial charge < -0.3 is 9.47 Å². The van der Waals surface area contributed by atoms with Crippen LogP contribution in [0.5, 0.6) is 11.5 Å². The summed E-state index contributed by atoms with van der Waals surface area (Å²) in [6.45, 7) is 4.07. The molecule has 0 spiro atoms. The molecule has 1 heterocycles. The molecule has 0 atom stereocenters. The van der Waals surface area contributed by atoms with Crippen molar-refractivity contribution in [2.45, 2.75) is 20.5 Å². The summed E-state index contributed by atoms with van der Waals surface area (Å²) in [4.78, 5) is 12.1.